The summed E-state index contributed by atoms with van der Waals surface area (Å²) in [6.45, 7) is 0.501. The van der Waals surface area contributed by atoms with E-state index in [0.717, 1.165) is 23.3 Å². The van der Waals surface area contributed by atoms with Crippen LogP contribution < -0.4 is 5.32 Å². The number of carbonyl (C=O) groups is 2. The number of hydrogen-bond acceptors (Lipinski definition) is 3. The summed E-state index contributed by atoms with van der Waals surface area (Å²) in [5, 5.41) is 11.8. The fourth-order valence-corrected chi connectivity index (χ4v) is 4.11. The average molecular weight is 341 g/mol. The summed E-state index contributed by atoms with van der Waals surface area (Å²) in [5.41, 5.74) is 3.55. The summed E-state index contributed by atoms with van der Waals surface area (Å²) < 4.78 is 0. The van der Waals surface area contributed by atoms with Crippen molar-refractivity contribution < 1.29 is 14.7 Å². The minimum atomic E-state index is -0.934. The van der Waals surface area contributed by atoms with Crippen molar-refractivity contribution >= 4 is 23.6 Å². The van der Waals surface area contributed by atoms with Crippen LogP contribution in [0, 0.1) is 0 Å². The molecule has 1 heterocycles. The van der Waals surface area contributed by atoms with Crippen molar-refractivity contribution in [2.45, 2.75) is 18.1 Å². The van der Waals surface area contributed by atoms with Crippen LogP contribution in [0.1, 0.15) is 32.3 Å². The van der Waals surface area contributed by atoms with Gasteiger partial charge in [-0.3, -0.25) is 4.79 Å². The molecule has 1 aliphatic rings. The third-order valence-corrected chi connectivity index (χ3v) is 5.36. The van der Waals surface area contributed by atoms with Gasteiger partial charge in [-0.05, 0) is 47.4 Å². The van der Waals surface area contributed by atoms with Gasteiger partial charge in [0, 0.05) is 6.54 Å². The number of carbonyl (C=O) groups excluding carboxylic acids is 1. The second kappa shape index (κ2) is 7.53. The molecule has 1 aliphatic heterocycles. The summed E-state index contributed by atoms with van der Waals surface area (Å²) in [7, 11) is 0. The summed E-state index contributed by atoms with van der Waals surface area (Å²) in [5.74, 6) is 0.0492. The van der Waals surface area contributed by atoms with E-state index in [1.54, 1.807) is 30.0 Å². The Morgan fingerprint density at radius 2 is 2.00 bits per heavy atom. The van der Waals surface area contributed by atoms with E-state index >= 15 is 0 Å². The van der Waals surface area contributed by atoms with Crippen molar-refractivity contribution in [1.29, 1.82) is 0 Å². The number of rotatable bonds is 5. The van der Waals surface area contributed by atoms with Gasteiger partial charge in [0.2, 0.25) is 5.91 Å². The van der Waals surface area contributed by atoms with E-state index in [0.29, 0.717) is 13.0 Å². The zero-order valence-electron chi connectivity index (χ0n) is 13.2. The third-order valence-electron chi connectivity index (χ3n) is 4.12. The highest BCUT2D eigenvalue weighted by atomic mass is 32.2. The first kappa shape index (κ1) is 16.6. The molecule has 1 atom stereocenters. The van der Waals surface area contributed by atoms with Crippen LogP contribution in [-0.2, 0) is 17.6 Å². The van der Waals surface area contributed by atoms with Crippen molar-refractivity contribution in [1.82, 2.24) is 5.32 Å². The van der Waals surface area contributed by atoms with E-state index in [1.807, 2.05) is 24.3 Å². The van der Waals surface area contributed by atoms with Crippen molar-refractivity contribution in [2.75, 3.05) is 12.3 Å². The lowest BCUT2D eigenvalue weighted by Gasteiger charge is -2.24. The lowest BCUT2D eigenvalue weighted by Crippen LogP contribution is -2.31. The Morgan fingerprint density at radius 1 is 1.17 bits per heavy atom. The largest absolute Gasteiger partial charge is 0.478 e. The Kier molecular flexibility index (Phi) is 5.20. The number of nitrogens with one attached hydrogen (secondary N) is 1. The lowest BCUT2D eigenvalue weighted by atomic mass is 10.0. The highest BCUT2D eigenvalue weighted by Crippen LogP contribution is 2.36. The molecule has 1 unspecified atom stereocenters. The van der Waals surface area contributed by atoms with Crippen LogP contribution in [-0.4, -0.2) is 29.3 Å². The number of aromatic carboxylic acids is 1. The molecule has 0 fully saturated rings. The minimum Gasteiger partial charge on any atom is -0.478 e. The Balaban J connectivity index is 1.59. The van der Waals surface area contributed by atoms with Crippen molar-refractivity contribution in [3.63, 3.8) is 0 Å². The molecule has 0 bridgehead atoms. The van der Waals surface area contributed by atoms with Gasteiger partial charge in [-0.2, -0.15) is 0 Å². The first-order chi connectivity index (χ1) is 11.6. The minimum absolute atomic E-state index is 0.0292. The molecule has 0 spiro atoms. The number of fused-ring (bicyclic) bond motifs is 1. The van der Waals surface area contributed by atoms with E-state index in [1.165, 1.54) is 5.56 Å². The van der Waals surface area contributed by atoms with Crippen LogP contribution in [0.4, 0.5) is 0 Å². The number of hydrogen-bond donors (Lipinski definition) is 2. The Labute approximate surface area is 145 Å². The third kappa shape index (κ3) is 3.79. The summed E-state index contributed by atoms with van der Waals surface area (Å²) >= 11 is 1.68. The van der Waals surface area contributed by atoms with Gasteiger partial charge in [0.05, 0.1) is 5.56 Å². The number of amides is 1. The molecule has 0 aromatic heterocycles. The molecule has 0 saturated heterocycles. The van der Waals surface area contributed by atoms with Crippen LogP contribution in [0.25, 0.3) is 0 Å². The molecule has 2 aromatic rings. The van der Waals surface area contributed by atoms with Gasteiger partial charge >= 0.3 is 5.97 Å². The maximum absolute atomic E-state index is 12.5. The lowest BCUT2D eigenvalue weighted by molar-refractivity contribution is -0.120. The molecule has 1 amide bonds. The molecule has 0 radical (unpaired) electrons. The van der Waals surface area contributed by atoms with Crippen LogP contribution in [0.2, 0.25) is 0 Å². The molecular formula is C19H19NO3S. The summed E-state index contributed by atoms with van der Waals surface area (Å²) in [6.07, 6.45) is 1.62. The Morgan fingerprint density at radius 3 is 2.83 bits per heavy atom. The van der Waals surface area contributed by atoms with E-state index in [4.69, 9.17) is 5.11 Å². The van der Waals surface area contributed by atoms with Gasteiger partial charge in [-0.1, -0.05) is 36.4 Å². The number of carboxylic acids is 1. The summed E-state index contributed by atoms with van der Waals surface area (Å²) in [6, 6.07) is 14.9. The van der Waals surface area contributed by atoms with Gasteiger partial charge in [0.25, 0.3) is 0 Å². The van der Waals surface area contributed by atoms with Crippen molar-refractivity contribution in [3.05, 3.63) is 70.8 Å². The van der Waals surface area contributed by atoms with E-state index < -0.39 is 5.97 Å². The van der Waals surface area contributed by atoms with Crippen molar-refractivity contribution in [3.8, 4) is 0 Å². The van der Waals surface area contributed by atoms with Gasteiger partial charge in [0.1, 0.15) is 5.25 Å². The van der Waals surface area contributed by atoms with E-state index in [9.17, 15) is 9.59 Å². The van der Waals surface area contributed by atoms with Crippen molar-refractivity contribution in [2.24, 2.45) is 0 Å². The number of benzene rings is 2. The highest BCUT2D eigenvalue weighted by molar-refractivity contribution is 8.00. The number of thioether (sulfide) groups is 1. The fourth-order valence-electron chi connectivity index (χ4n) is 2.89. The number of carboxylic acid groups (broad SMARTS) is 1. The SMILES string of the molecule is O=C(O)c1cccc(CCNC(=O)C2SCCc3ccccc32)c1. The first-order valence-corrected chi connectivity index (χ1v) is 8.99. The normalized spacial score (nSPS) is 16.2. The van der Waals surface area contributed by atoms with Crippen LogP contribution >= 0.6 is 11.8 Å². The molecule has 0 saturated carbocycles. The van der Waals surface area contributed by atoms with Gasteiger partial charge < -0.3 is 10.4 Å². The van der Waals surface area contributed by atoms with Gasteiger partial charge in [0.15, 0.2) is 0 Å². The number of aryl methyl sites for hydroxylation is 1. The maximum atomic E-state index is 12.5. The summed E-state index contributed by atoms with van der Waals surface area (Å²) in [4.78, 5) is 23.5. The molecule has 4 nitrogen and oxygen atoms in total. The fraction of sp³-hybridized carbons (Fsp3) is 0.263. The molecule has 3 rings (SSSR count). The standard InChI is InChI=1S/C19H19NO3S/c21-18(17-16-7-2-1-5-14(16)9-11-24-17)20-10-8-13-4-3-6-15(12-13)19(22)23/h1-7,12,17H,8-11H2,(H,20,21)(H,22,23). The smallest absolute Gasteiger partial charge is 0.335 e. The molecule has 5 heteroatoms. The molecule has 0 aliphatic carbocycles. The van der Waals surface area contributed by atoms with Crippen LogP contribution in [0.15, 0.2) is 48.5 Å². The predicted molar refractivity (Wildman–Crippen MR) is 95.5 cm³/mol. The zero-order valence-corrected chi connectivity index (χ0v) is 14.0. The molecule has 2 N–H and O–H groups in total. The topological polar surface area (TPSA) is 66.4 Å². The van der Waals surface area contributed by atoms with E-state index in [2.05, 4.69) is 11.4 Å². The predicted octanol–water partition coefficient (Wildman–Crippen LogP) is 3.07. The second-order valence-electron chi connectivity index (χ2n) is 5.75. The molecule has 124 valence electrons. The molecule has 2 aromatic carbocycles. The molecular weight excluding hydrogens is 322 g/mol. The Hall–Kier alpha value is -2.27. The molecule has 24 heavy (non-hydrogen) atoms. The Bertz CT molecular complexity index is 760. The van der Waals surface area contributed by atoms with Crippen LogP contribution in [0.5, 0.6) is 0 Å². The second-order valence-corrected chi connectivity index (χ2v) is 6.96. The first-order valence-electron chi connectivity index (χ1n) is 7.94. The quantitative estimate of drug-likeness (QED) is 0.877. The van der Waals surface area contributed by atoms with Gasteiger partial charge in [-0.25, -0.2) is 4.79 Å². The van der Waals surface area contributed by atoms with E-state index in [-0.39, 0.29) is 16.7 Å². The highest BCUT2D eigenvalue weighted by Gasteiger charge is 2.26. The van der Waals surface area contributed by atoms with Gasteiger partial charge in [-0.15, -0.1) is 11.8 Å². The van der Waals surface area contributed by atoms with Crippen LogP contribution in [0.3, 0.4) is 0 Å². The average Bonchev–Trinajstić information content (AvgIpc) is 2.61. The monoisotopic (exact) mass is 341 g/mol. The zero-order chi connectivity index (χ0) is 16.9. The maximum Gasteiger partial charge on any atom is 0.335 e.